The Hall–Kier alpha value is -2.51. The number of methoxy groups -OCH3 is 1. The fourth-order valence-corrected chi connectivity index (χ4v) is 3.37. The van der Waals surface area contributed by atoms with Crippen molar-refractivity contribution in [2.24, 2.45) is 0 Å². The number of carbonyl (C=O) groups excluding carboxylic acids is 1. The third kappa shape index (κ3) is 5.24. The van der Waals surface area contributed by atoms with Crippen LogP contribution in [0.25, 0.3) is 5.69 Å². The second kappa shape index (κ2) is 9.43. The molecule has 27 heavy (non-hydrogen) atoms. The molecular formula is C19H19ClN4O2S. The second-order valence-corrected chi connectivity index (χ2v) is 7.05. The summed E-state index contributed by atoms with van der Waals surface area (Å²) >= 11 is 7.20. The van der Waals surface area contributed by atoms with Gasteiger partial charge in [-0.3, -0.25) is 9.36 Å². The van der Waals surface area contributed by atoms with Gasteiger partial charge in [-0.05, 0) is 36.2 Å². The molecule has 1 heterocycles. The van der Waals surface area contributed by atoms with Crippen molar-refractivity contribution in [2.45, 2.75) is 11.6 Å². The van der Waals surface area contributed by atoms with Gasteiger partial charge in [-0.1, -0.05) is 47.6 Å². The lowest BCUT2D eigenvalue weighted by Crippen LogP contribution is -2.27. The molecule has 0 spiro atoms. The standard InChI is InChI=1S/C19H19ClN4O2S/c1-26-17-5-3-2-4-16(17)24-13-22-23-19(24)27-12-18(25)21-11-10-14-6-8-15(20)9-7-14/h2-9,13H,10-12H2,1H3,(H,21,25). The molecule has 0 unspecified atom stereocenters. The van der Waals surface area contributed by atoms with Crippen LogP contribution in [-0.2, 0) is 11.2 Å². The number of ether oxygens (including phenoxy) is 1. The molecule has 6 nitrogen and oxygen atoms in total. The highest BCUT2D eigenvalue weighted by Gasteiger charge is 2.12. The first-order chi connectivity index (χ1) is 13.2. The van der Waals surface area contributed by atoms with Crippen molar-refractivity contribution in [3.8, 4) is 11.4 Å². The number of benzene rings is 2. The van der Waals surface area contributed by atoms with Crippen molar-refractivity contribution in [3.63, 3.8) is 0 Å². The smallest absolute Gasteiger partial charge is 0.230 e. The lowest BCUT2D eigenvalue weighted by molar-refractivity contribution is -0.118. The summed E-state index contributed by atoms with van der Waals surface area (Å²) < 4.78 is 7.19. The van der Waals surface area contributed by atoms with Crippen LogP contribution in [0.3, 0.4) is 0 Å². The first-order valence-corrected chi connectivity index (χ1v) is 9.71. The number of carbonyl (C=O) groups is 1. The van der Waals surface area contributed by atoms with Gasteiger partial charge in [-0.15, -0.1) is 10.2 Å². The molecule has 0 saturated carbocycles. The number of nitrogens with one attached hydrogen (secondary N) is 1. The summed E-state index contributed by atoms with van der Waals surface area (Å²) in [5.74, 6) is 0.921. The van der Waals surface area contributed by atoms with E-state index < -0.39 is 0 Å². The molecule has 0 aliphatic carbocycles. The first-order valence-electron chi connectivity index (χ1n) is 8.34. The van der Waals surface area contributed by atoms with Gasteiger partial charge in [0.25, 0.3) is 0 Å². The van der Waals surface area contributed by atoms with Crippen molar-refractivity contribution < 1.29 is 9.53 Å². The fraction of sp³-hybridized carbons (Fsp3) is 0.211. The Bertz CT molecular complexity index is 899. The van der Waals surface area contributed by atoms with Crippen LogP contribution in [0.2, 0.25) is 5.02 Å². The van der Waals surface area contributed by atoms with E-state index >= 15 is 0 Å². The third-order valence-electron chi connectivity index (χ3n) is 3.84. The molecule has 3 rings (SSSR count). The fourth-order valence-electron chi connectivity index (χ4n) is 2.50. The summed E-state index contributed by atoms with van der Waals surface area (Å²) in [6, 6.07) is 15.2. The second-order valence-electron chi connectivity index (χ2n) is 5.67. The first kappa shape index (κ1) is 19.3. The Labute approximate surface area is 166 Å². The molecule has 8 heteroatoms. The Morgan fingerprint density at radius 2 is 2.00 bits per heavy atom. The molecular weight excluding hydrogens is 384 g/mol. The van der Waals surface area contributed by atoms with Gasteiger partial charge in [0.05, 0.1) is 18.6 Å². The monoisotopic (exact) mass is 402 g/mol. The number of halogens is 1. The average Bonchev–Trinajstić information content (AvgIpc) is 3.16. The highest BCUT2D eigenvalue weighted by Crippen LogP contribution is 2.26. The number of thioether (sulfide) groups is 1. The Kier molecular flexibility index (Phi) is 6.73. The van der Waals surface area contributed by atoms with Crippen LogP contribution < -0.4 is 10.1 Å². The molecule has 3 aromatic rings. The van der Waals surface area contributed by atoms with E-state index in [4.69, 9.17) is 16.3 Å². The quantitative estimate of drug-likeness (QED) is 0.585. The number of para-hydroxylation sites is 2. The van der Waals surface area contributed by atoms with Crippen molar-refractivity contribution >= 4 is 29.3 Å². The molecule has 0 aliphatic rings. The van der Waals surface area contributed by atoms with Crippen molar-refractivity contribution in [1.82, 2.24) is 20.1 Å². The van der Waals surface area contributed by atoms with E-state index in [0.29, 0.717) is 22.5 Å². The zero-order chi connectivity index (χ0) is 19.1. The minimum Gasteiger partial charge on any atom is -0.495 e. The van der Waals surface area contributed by atoms with Gasteiger partial charge in [-0.25, -0.2) is 0 Å². The minimum atomic E-state index is -0.0523. The van der Waals surface area contributed by atoms with E-state index in [1.54, 1.807) is 13.4 Å². The van der Waals surface area contributed by atoms with E-state index in [-0.39, 0.29) is 11.7 Å². The summed E-state index contributed by atoms with van der Waals surface area (Å²) in [5.41, 5.74) is 1.96. The number of amides is 1. The summed E-state index contributed by atoms with van der Waals surface area (Å²) in [5, 5.41) is 12.3. The maximum Gasteiger partial charge on any atom is 0.230 e. The molecule has 140 valence electrons. The van der Waals surface area contributed by atoms with Crippen molar-refractivity contribution in [1.29, 1.82) is 0 Å². The predicted molar refractivity (Wildman–Crippen MR) is 107 cm³/mol. The van der Waals surface area contributed by atoms with E-state index in [2.05, 4.69) is 15.5 Å². The summed E-state index contributed by atoms with van der Waals surface area (Å²) in [7, 11) is 1.62. The molecule has 0 bridgehead atoms. The van der Waals surface area contributed by atoms with Gasteiger partial charge in [0, 0.05) is 11.6 Å². The summed E-state index contributed by atoms with van der Waals surface area (Å²) in [6.45, 7) is 0.570. The van der Waals surface area contributed by atoms with Crippen LogP contribution in [0.4, 0.5) is 0 Å². The molecule has 0 fully saturated rings. The molecule has 1 aromatic heterocycles. The SMILES string of the molecule is COc1ccccc1-n1cnnc1SCC(=O)NCCc1ccc(Cl)cc1. The molecule has 1 amide bonds. The molecule has 1 N–H and O–H groups in total. The zero-order valence-electron chi connectivity index (χ0n) is 14.8. The number of hydrogen-bond donors (Lipinski definition) is 1. The molecule has 0 atom stereocenters. The van der Waals surface area contributed by atoms with E-state index in [0.717, 1.165) is 17.7 Å². The summed E-state index contributed by atoms with van der Waals surface area (Å²) in [4.78, 5) is 12.1. The van der Waals surface area contributed by atoms with E-state index in [1.807, 2.05) is 53.1 Å². The minimum absolute atomic E-state index is 0.0523. The van der Waals surface area contributed by atoms with E-state index in [9.17, 15) is 4.79 Å². The highest BCUT2D eigenvalue weighted by atomic mass is 35.5. The van der Waals surface area contributed by atoms with Gasteiger partial charge in [0.15, 0.2) is 5.16 Å². The molecule has 0 aliphatic heterocycles. The van der Waals surface area contributed by atoms with Gasteiger partial charge in [0.1, 0.15) is 12.1 Å². The highest BCUT2D eigenvalue weighted by molar-refractivity contribution is 7.99. The van der Waals surface area contributed by atoms with Crippen LogP contribution >= 0.6 is 23.4 Å². The lowest BCUT2D eigenvalue weighted by Gasteiger charge is -2.10. The molecule has 2 aromatic carbocycles. The Morgan fingerprint density at radius 3 is 2.78 bits per heavy atom. The van der Waals surface area contributed by atoms with Crippen LogP contribution in [0.15, 0.2) is 60.0 Å². The Morgan fingerprint density at radius 1 is 1.22 bits per heavy atom. The van der Waals surface area contributed by atoms with Crippen LogP contribution in [-0.4, -0.2) is 40.1 Å². The largest absolute Gasteiger partial charge is 0.495 e. The zero-order valence-corrected chi connectivity index (χ0v) is 16.3. The Balaban J connectivity index is 1.52. The lowest BCUT2D eigenvalue weighted by atomic mass is 10.1. The maximum absolute atomic E-state index is 12.1. The predicted octanol–water partition coefficient (Wildman–Crippen LogP) is 3.38. The van der Waals surface area contributed by atoms with E-state index in [1.165, 1.54) is 11.8 Å². The topological polar surface area (TPSA) is 69.0 Å². The van der Waals surface area contributed by atoms with Crippen LogP contribution in [0.5, 0.6) is 5.75 Å². The number of nitrogens with zero attached hydrogens (tertiary/aromatic N) is 3. The number of hydrogen-bond acceptors (Lipinski definition) is 5. The molecule has 0 radical (unpaired) electrons. The van der Waals surface area contributed by atoms with Crippen molar-refractivity contribution in [2.75, 3.05) is 19.4 Å². The third-order valence-corrected chi connectivity index (χ3v) is 5.04. The number of aromatic nitrogens is 3. The van der Waals surface area contributed by atoms with Gasteiger partial charge >= 0.3 is 0 Å². The van der Waals surface area contributed by atoms with Gasteiger partial charge in [0.2, 0.25) is 5.91 Å². The van der Waals surface area contributed by atoms with Gasteiger partial charge in [-0.2, -0.15) is 0 Å². The molecule has 0 saturated heterocycles. The summed E-state index contributed by atoms with van der Waals surface area (Å²) in [6.07, 6.45) is 2.36. The van der Waals surface area contributed by atoms with Crippen molar-refractivity contribution in [3.05, 3.63) is 65.4 Å². The normalized spacial score (nSPS) is 10.6. The number of rotatable bonds is 8. The van der Waals surface area contributed by atoms with Crippen LogP contribution in [0, 0.1) is 0 Å². The maximum atomic E-state index is 12.1. The van der Waals surface area contributed by atoms with Gasteiger partial charge < -0.3 is 10.1 Å². The van der Waals surface area contributed by atoms with Crippen LogP contribution in [0.1, 0.15) is 5.56 Å². The average molecular weight is 403 g/mol.